The molecule has 1 aliphatic rings. The number of hydrogen-bond donors (Lipinski definition) is 3. The van der Waals surface area contributed by atoms with Crippen LogP contribution in [0.15, 0.2) is 72.8 Å². The Morgan fingerprint density at radius 1 is 0.891 bits per heavy atom. The first-order valence-corrected chi connectivity index (χ1v) is 16.9. The average molecular weight is 649 g/mol. The predicted molar refractivity (Wildman–Crippen MR) is 183 cm³/mol. The van der Waals surface area contributed by atoms with E-state index < -0.39 is 11.6 Å². The van der Waals surface area contributed by atoms with Crippen molar-refractivity contribution in [1.29, 1.82) is 0 Å². The number of amides is 2. The molecule has 0 bridgehead atoms. The van der Waals surface area contributed by atoms with Gasteiger partial charge in [-0.1, -0.05) is 79.9 Å². The summed E-state index contributed by atoms with van der Waals surface area (Å²) in [5.41, 5.74) is 2.75. The van der Waals surface area contributed by atoms with E-state index in [9.17, 15) is 24.9 Å². The summed E-state index contributed by atoms with van der Waals surface area (Å²) < 4.78 is 0. The minimum atomic E-state index is -0.797. The molecule has 4 rings (SSSR count). The lowest BCUT2D eigenvalue weighted by molar-refractivity contribution is 0.0478. The van der Waals surface area contributed by atoms with Crippen molar-refractivity contribution in [2.75, 3.05) is 26.3 Å². The summed E-state index contributed by atoms with van der Waals surface area (Å²) in [6, 6.07) is 22.4. The maximum atomic E-state index is 14.1. The molecule has 0 spiro atoms. The number of aryl methyl sites for hydroxylation is 1. The van der Waals surface area contributed by atoms with Gasteiger partial charge in [0.2, 0.25) is 0 Å². The van der Waals surface area contributed by atoms with E-state index in [1.165, 1.54) is 0 Å². The van der Waals surface area contributed by atoms with Crippen molar-refractivity contribution < 1.29 is 24.9 Å². The lowest BCUT2D eigenvalue weighted by Crippen LogP contribution is -2.47. The highest BCUT2D eigenvalue weighted by molar-refractivity contribution is 6.30. The minimum Gasteiger partial charge on any atom is -0.395 e. The van der Waals surface area contributed by atoms with E-state index in [4.69, 9.17) is 11.6 Å². The number of hydrogen-bond acceptors (Lipinski definition) is 5. The smallest absolute Gasteiger partial charge is 0.254 e. The van der Waals surface area contributed by atoms with Gasteiger partial charge < -0.3 is 25.1 Å². The second-order valence-corrected chi connectivity index (χ2v) is 13.3. The molecule has 1 saturated carbocycles. The average Bonchev–Trinajstić information content (AvgIpc) is 3.54. The molecule has 0 aromatic heterocycles. The Morgan fingerprint density at radius 2 is 1.57 bits per heavy atom. The molecule has 1 aliphatic carbocycles. The molecule has 8 heteroatoms. The van der Waals surface area contributed by atoms with Crippen molar-refractivity contribution in [3.8, 4) is 0 Å². The second-order valence-electron chi connectivity index (χ2n) is 12.8. The predicted octanol–water partition coefficient (Wildman–Crippen LogP) is 6.26. The van der Waals surface area contributed by atoms with Crippen LogP contribution < -0.4 is 0 Å². The first-order valence-electron chi connectivity index (χ1n) is 16.6. The summed E-state index contributed by atoms with van der Waals surface area (Å²) in [6.07, 6.45) is 4.39. The number of rotatable bonds is 15. The van der Waals surface area contributed by atoms with Gasteiger partial charge in [-0.05, 0) is 92.8 Å². The van der Waals surface area contributed by atoms with Gasteiger partial charge in [-0.25, -0.2) is 0 Å². The molecular weight excluding hydrogens is 600 g/mol. The van der Waals surface area contributed by atoms with Crippen LogP contribution in [-0.4, -0.2) is 75.4 Å². The van der Waals surface area contributed by atoms with E-state index in [0.29, 0.717) is 47.0 Å². The Labute approximate surface area is 278 Å². The van der Waals surface area contributed by atoms with Gasteiger partial charge in [-0.2, -0.15) is 0 Å². The molecule has 0 aliphatic heterocycles. The van der Waals surface area contributed by atoms with Crippen LogP contribution in [0.5, 0.6) is 0 Å². The van der Waals surface area contributed by atoms with E-state index >= 15 is 0 Å². The summed E-state index contributed by atoms with van der Waals surface area (Å²) in [4.78, 5) is 31.5. The quantitative estimate of drug-likeness (QED) is 0.181. The summed E-state index contributed by atoms with van der Waals surface area (Å²) in [5.74, 6) is 0.113. The Balaban J connectivity index is 1.52. The van der Waals surface area contributed by atoms with Gasteiger partial charge in [0, 0.05) is 35.3 Å². The highest BCUT2D eigenvalue weighted by Crippen LogP contribution is 2.34. The van der Waals surface area contributed by atoms with Crippen molar-refractivity contribution in [1.82, 2.24) is 9.80 Å². The molecule has 0 heterocycles. The standard InChI is InChI=1S/C38H49ClN2O5/c1-4-27-12-10-16-35(27)40(21-23-42)36(45)33-15-9-8-11-28(33)17-19-32(44)26-29-25-31(39)18-20-34(29)37(46)41(22-24-43)38(2,3)30-13-6-5-7-14-30/h5-9,11,13-15,18,20,25,27,32,35,42-44H,4,10,12,16-17,19,21-24,26H2,1-3H3. The molecule has 1 fully saturated rings. The van der Waals surface area contributed by atoms with Gasteiger partial charge in [0.25, 0.3) is 11.8 Å². The van der Waals surface area contributed by atoms with Crippen LogP contribution in [0, 0.1) is 5.92 Å². The Morgan fingerprint density at radius 3 is 2.26 bits per heavy atom. The molecule has 0 saturated heterocycles. The Kier molecular flexibility index (Phi) is 12.8. The monoisotopic (exact) mass is 648 g/mol. The zero-order valence-electron chi connectivity index (χ0n) is 27.4. The van der Waals surface area contributed by atoms with E-state index in [0.717, 1.165) is 36.8 Å². The van der Waals surface area contributed by atoms with Gasteiger partial charge in [0.1, 0.15) is 0 Å². The molecule has 3 aromatic rings. The number of aliphatic hydroxyl groups excluding tert-OH is 3. The lowest BCUT2D eigenvalue weighted by atomic mass is 9.90. The first-order chi connectivity index (χ1) is 22.1. The summed E-state index contributed by atoms with van der Waals surface area (Å²) >= 11 is 6.38. The van der Waals surface area contributed by atoms with Crippen LogP contribution in [0.1, 0.15) is 90.3 Å². The first kappa shape index (κ1) is 35.6. The fraction of sp³-hybridized carbons (Fsp3) is 0.474. The molecule has 3 aromatic carbocycles. The van der Waals surface area contributed by atoms with Gasteiger partial charge in [0.15, 0.2) is 0 Å². The van der Waals surface area contributed by atoms with Crippen molar-refractivity contribution >= 4 is 23.4 Å². The SMILES string of the molecule is CCC1CCCC1N(CCO)C(=O)c1ccccc1CCC(O)Cc1cc(Cl)ccc1C(=O)N(CCO)C(C)(C)c1ccccc1. The fourth-order valence-electron chi connectivity index (χ4n) is 7.03. The molecule has 3 atom stereocenters. The lowest BCUT2D eigenvalue weighted by Gasteiger charge is -2.39. The molecule has 7 nitrogen and oxygen atoms in total. The van der Waals surface area contributed by atoms with Crippen molar-refractivity contribution in [2.45, 2.75) is 83.4 Å². The molecular formula is C38H49ClN2O5. The van der Waals surface area contributed by atoms with Crippen molar-refractivity contribution in [2.24, 2.45) is 5.92 Å². The maximum absolute atomic E-state index is 14.1. The van der Waals surface area contributed by atoms with Crippen molar-refractivity contribution in [3.63, 3.8) is 0 Å². The van der Waals surface area contributed by atoms with Crippen LogP contribution in [0.3, 0.4) is 0 Å². The molecule has 3 unspecified atom stereocenters. The molecule has 2 amide bonds. The van der Waals surface area contributed by atoms with E-state index in [-0.39, 0.29) is 44.0 Å². The molecule has 248 valence electrons. The summed E-state index contributed by atoms with van der Waals surface area (Å²) in [5, 5.41) is 31.4. The number of carbonyl (C=O) groups is 2. The van der Waals surface area contributed by atoms with Crippen LogP contribution in [0.25, 0.3) is 0 Å². The fourth-order valence-corrected chi connectivity index (χ4v) is 7.23. The number of halogens is 1. The van der Waals surface area contributed by atoms with E-state index in [1.54, 1.807) is 23.1 Å². The highest BCUT2D eigenvalue weighted by atomic mass is 35.5. The number of aliphatic hydroxyl groups is 3. The summed E-state index contributed by atoms with van der Waals surface area (Å²) in [6.45, 7) is 6.23. The van der Waals surface area contributed by atoms with Crippen LogP contribution in [0.2, 0.25) is 5.02 Å². The highest BCUT2D eigenvalue weighted by Gasteiger charge is 2.35. The third-order valence-corrected chi connectivity index (χ3v) is 9.85. The normalized spacial score (nSPS) is 17.1. The van der Waals surface area contributed by atoms with Crippen LogP contribution >= 0.6 is 11.6 Å². The number of benzene rings is 3. The zero-order chi connectivity index (χ0) is 33.3. The van der Waals surface area contributed by atoms with Gasteiger partial charge >= 0.3 is 0 Å². The second kappa shape index (κ2) is 16.6. The zero-order valence-corrected chi connectivity index (χ0v) is 28.1. The number of carbonyl (C=O) groups excluding carboxylic acids is 2. The largest absolute Gasteiger partial charge is 0.395 e. The van der Waals surface area contributed by atoms with Crippen LogP contribution in [0.4, 0.5) is 0 Å². The molecule has 0 radical (unpaired) electrons. The minimum absolute atomic E-state index is 0.0720. The van der Waals surface area contributed by atoms with Gasteiger partial charge in [0.05, 0.1) is 24.9 Å². The molecule has 46 heavy (non-hydrogen) atoms. The number of nitrogens with zero attached hydrogens (tertiary/aromatic N) is 2. The molecule has 3 N–H and O–H groups in total. The Bertz CT molecular complexity index is 1450. The van der Waals surface area contributed by atoms with Gasteiger partial charge in [-0.15, -0.1) is 0 Å². The third kappa shape index (κ3) is 8.37. The van der Waals surface area contributed by atoms with E-state index in [2.05, 4.69) is 6.92 Å². The van der Waals surface area contributed by atoms with Crippen molar-refractivity contribution in [3.05, 3.63) is 106 Å². The topological polar surface area (TPSA) is 101 Å². The van der Waals surface area contributed by atoms with E-state index in [1.807, 2.05) is 73.3 Å². The maximum Gasteiger partial charge on any atom is 0.254 e. The Hall–Kier alpha value is -3.23. The third-order valence-electron chi connectivity index (χ3n) is 9.62. The van der Waals surface area contributed by atoms with Gasteiger partial charge in [-0.3, -0.25) is 9.59 Å². The van der Waals surface area contributed by atoms with Crippen LogP contribution in [-0.2, 0) is 18.4 Å². The summed E-state index contributed by atoms with van der Waals surface area (Å²) in [7, 11) is 0.